The lowest BCUT2D eigenvalue weighted by Gasteiger charge is -2.18. The molecule has 1 N–H and O–H groups in total. The Morgan fingerprint density at radius 1 is 1.33 bits per heavy atom. The Morgan fingerprint density at radius 3 is 2.48 bits per heavy atom. The number of sulfone groups is 1. The van der Waals surface area contributed by atoms with Crippen molar-refractivity contribution < 1.29 is 27.1 Å². The van der Waals surface area contributed by atoms with E-state index < -0.39 is 26.5 Å². The Labute approximate surface area is 121 Å². The zero-order chi connectivity index (χ0) is 15.6. The number of carboxylic acids is 1. The molecule has 1 heterocycles. The molecule has 0 radical (unpaired) electrons. The highest BCUT2D eigenvalue weighted by Crippen LogP contribution is 2.27. The van der Waals surface area contributed by atoms with Crippen molar-refractivity contribution in [3.05, 3.63) is 24.3 Å². The second-order valence-corrected chi connectivity index (χ2v) is 6.92. The van der Waals surface area contributed by atoms with Crippen molar-refractivity contribution in [2.24, 2.45) is 5.92 Å². The Kier molecular flexibility index (Phi) is 4.46. The van der Waals surface area contributed by atoms with Crippen LogP contribution in [0.1, 0.15) is 12.8 Å². The predicted molar refractivity (Wildman–Crippen MR) is 72.2 cm³/mol. The minimum atomic E-state index is -4.57. The summed E-state index contributed by atoms with van der Waals surface area (Å²) < 4.78 is 47.5. The number of alkyl halides is 2. The molecule has 2 rings (SSSR count). The third-order valence-corrected chi connectivity index (χ3v) is 4.91. The molecule has 0 aromatic heterocycles. The van der Waals surface area contributed by atoms with Gasteiger partial charge in [0, 0.05) is 25.2 Å². The second kappa shape index (κ2) is 5.97. The molecule has 1 aliphatic heterocycles. The molecule has 21 heavy (non-hydrogen) atoms. The van der Waals surface area contributed by atoms with Crippen molar-refractivity contribution >= 4 is 21.5 Å². The van der Waals surface area contributed by atoms with E-state index in [-0.39, 0.29) is 12.3 Å². The van der Waals surface area contributed by atoms with Crippen molar-refractivity contribution in [2.45, 2.75) is 23.5 Å². The number of hydrogen-bond donors (Lipinski definition) is 1. The molecular weight excluding hydrogens is 304 g/mol. The predicted octanol–water partition coefficient (Wildman–Crippen LogP) is 1.98. The van der Waals surface area contributed by atoms with Crippen LogP contribution in [-0.4, -0.2) is 38.3 Å². The van der Waals surface area contributed by atoms with Crippen LogP contribution in [0.3, 0.4) is 0 Å². The Balaban J connectivity index is 2.09. The minimum Gasteiger partial charge on any atom is -0.481 e. The van der Waals surface area contributed by atoms with Crippen LogP contribution in [0.15, 0.2) is 29.2 Å². The van der Waals surface area contributed by atoms with Crippen molar-refractivity contribution in [3.63, 3.8) is 0 Å². The normalized spacial score (nSPS) is 19.2. The third-order valence-electron chi connectivity index (χ3n) is 3.51. The Morgan fingerprint density at radius 2 is 1.95 bits per heavy atom. The van der Waals surface area contributed by atoms with Gasteiger partial charge < -0.3 is 10.0 Å². The lowest BCUT2D eigenvalue weighted by atomic mass is 10.1. The number of rotatable bonds is 5. The summed E-state index contributed by atoms with van der Waals surface area (Å²) in [6.45, 7) is 1.23. The highest BCUT2D eigenvalue weighted by atomic mass is 32.2. The molecule has 8 heteroatoms. The standard InChI is InChI=1S/C13H15F2NO4S/c14-13(15)21(19,20)11-3-1-10(2-4-11)16-6-5-9(8-16)7-12(17)18/h1-4,9,13H,5-8H2,(H,17,18). The molecule has 0 aliphatic carbocycles. The molecular formula is C13H15F2NO4S. The van der Waals surface area contributed by atoms with E-state index in [2.05, 4.69) is 0 Å². The average Bonchev–Trinajstić information content (AvgIpc) is 2.86. The highest BCUT2D eigenvalue weighted by Gasteiger charge is 2.28. The summed E-state index contributed by atoms with van der Waals surface area (Å²) >= 11 is 0. The lowest BCUT2D eigenvalue weighted by molar-refractivity contribution is -0.137. The van der Waals surface area contributed by atoms with E-state index in [1.54, 1.807) is 0 Å². The van der Waals surface area contributed by atoms with Gasteiger partial charge in [-0.25, -0.2) is 8.42 Å². The van der Waals surface area contributed by atoms with Gasteiger partial charge in [0.25, 0.3) is 0 Å². The van der Waals surface area contributed by atoms with Crippen LogP contribution in [0, 0.1) is 5.92 Å². The number of nitrogens with zero attached hydrogens (tertiary/aromatic N) is 1. The molecule has 0 amide bonds. The van der Waals surface area contributed by atoms with Gasteiger partial charge in [-0.3, -0.25) is 4.79 Å². The van der Waals surface area contributed by atoms with Crippen molar-refractivity contribution in [3.8, 4) is 0 Å². The molecule has 0 bridgehead atoms. The zero-order valence-electron chi connectivity index (χ0n) is 11.1. The molecule has 116 valence electrons. The monoisotopic (exact) mass is 319 g/mol. The van der Waals surface area contributed by atoms with Crippen LogP contribution in [0.5, 0.6) is 0 Å². The maximum atomic E-state index is 12.4. The fraction of sp³-hybridized carbons (Fsp3) is 0.462. The summed E-state index contributed by atoms with van der Waals surface area (Å²) in [5, 5.41) is 8.75. The van der Waals surface area contributed by atoms with Crippen LogP contribution in [-0.2, 0) is 14.6 Å². The topological polar surface area (TPSA) is 74.7 Å². The van der Waals surface area contributed by atoms with Gasteiger partial charge in [0.05, 0.1) is 4.90 Å². The second-order valence-electron chi connectivity index (χ2n) is 5.00. The highest BCUT2D eigenvalue weighted by molar-refractivity contribution is 7.91. The van der Waals surface area contributed by atoms with Crippen molar-refractivity contribution in [2.75, 3.05) is 18.0 Å². The van der Waals surface area contributed by atoms with Gasteiger partial charge in [-0.05, 0) is 36.6 Å². The molecule has 1 atom stereocenters. The van der Waals surface area contributed by atoms with Gasteiger partial charge in [0.15, 0.2) is 0 Å². The van der Waals surface area contributed by atoms with Crippen molar-refractivity contribution in [1.82, 2.24) is 0 Å². The van der Waals surface area contributed by atoms with Crippen molar-refractivity contribution in [1.29, 1.82) is 0 Å². The first-order chi connectivity index (χ1) is 9.80. The molecule has 1 aromatic rings. The van der Waals surface area contributed by atoms with Crippen LogP contribution in [0.25, 0.3) is 0 Å². The largest absolute Gasteiger partial charge is 0.481 e. The van der Waals surface area contributed by atoms with E-state index in [4.69, 9.17) is 5.11 Å². The van der Waals surface area contributed by atoms with Gasteiger partial charge in [-0.2, -0.15) is 8.78 Å². The van der Waals surface area contributed by atoms with Gasteiger partial charge in [0.1, 0.15) is 0 Å². The summed E-state index contributed by atoms with van der Waals surface area (Å²) in [6.07, 6.45) is 0.831. The van der Waals surface area contributed by atoms with E-state index in [0.717, 1.165) is 18.6 Å². The average molecular weight is 319 g/mol. The van der Waals surface area contributed by atoms with E-state index in [0.29, 0.717) is 18.8 Å². The van der Waals surface area contributed by atoms with Gasteiger partial charge in [-0.1, -0.05) is 0 Å². The maximum Gasteiger partial charge on any atom is 0.341 e. The van der Waals surface area contributed by atoms with E-state index in [1.807, 2.05) is 4.90 Å². The SMILES string of the molecule is O=C(O)CC1CCN(c2ccc(S(=O)(=O)C(F)F)cc2)C1. The molecule has 0 saturated carbocycles. The molecule has 1 saturated heterocycles. The molecule has 1 aromatic carbocycles. The minimum absolute atomic E-state index is 0.0481. The number of carbonyl (C=O) groups is 1. The molecule has 0 spiro atoms. The number of aliphatic carboxylic acids is 1. The van der Waals surface area contributed by atoms with Gasteiger partial charge >= 0.3 is 11.7 Å². The Bertz CT molecular complexity index is 616. The number of hydrogen-bond acceptors (Lipinski definition) is 4. The molecule has 1 fully saturated rings. The quantitative estimate of drug-likeness (QED) is 0.898. The van der Waals surface area contributed by atoms with Crippen LogP contribution >= 0.6 is 0 Å². The third kappa shape index (κ3) is 3.49. The molecule has 1 unspecified atom stereocenters. The zero-order valence-corrected chi connectivity index (χ0v) is 11.9. The first kappa shape index (κ1) is 15.7. The van der Waals surface area contributed by atoms with Crippen LogP contribution < -0.4 is 4.90 Å². The summed E-state index contributed by atoms with van der Waals surface area (Å²) in [6, 6.07) is 5.25. The summed E-state index contributed by atoms with van der Waals surface area (Å²) in [4.78, 5) is 12.2. The first-order valence-corrected chi connectivity index (χ1v) is 7.94. The van der Waals surface area contributed by atoms with E-state index in [9.17, 15) is 22.0 Å². The number of carboxylic acid groups (broad SMARTS) is 1. The number of anilines is 1. The maximum absolute atomic E-state index is 12.4. The number of benzene rings is 1. The van der Waals surface area contributed by atoms with Crippen LogP contribution in [0.2, 0.25) is 0 Å². The Hall–Kier alpha value is -1.70. The molecule has 1 aliphatic rings. The molecule has 5 nitrogen and oxygen atoms in total. The van der Waals surface area contributed by atoms with Gasteiger partial charge in [0.2, 0.25) is 9.84 Å². The summed E-state index contributed by atoms with van der Waals surface area (Å²) in [5.41, 5.74) is 0.705. The van der Waals surface area contributed by atoms with Gasteiger partial charge in [-0.15, -0.1) is 0 Å². The summed E-state index contributed by atoms with van der Waals surface area (Å²) in [5.74, 6) is -4.23. The van der Waals surface area contributed by atoms with E-state index >= 15 is 0 Å². The first-order valence-electron chi connectivity index (χ1n) is 6.39. The smallest absolute Gasteiger partial charge is 0.341 e. The fourth-order valence-electron chi connectivity index (χ4n) is 2.43. The number of halogens is 2. The lowest BCUT2D eigenvalue weighted by Crippen LogP contribution is -2.20. The van der Waals surface area contributed by atoms with E-state index in [1.165, 1.54) is 12.1 Å². The summed E-state index contributed by atoms with van der Waals surface area (Å²) in [7, 11) is -4.57. The fourth-order valence-corrected chi connectivity index (χ4v) is 3.15. The van der Waals surface area contributed by atoms with Crippen LogP contribution in [0.4, 0.5) is 14.5 Å².